The van der Waals surface area contributed by atoms with Crippen molar-refractivity contribution < 1.29 is 63.1 Å². The molecule has 66 heavy (non-hydrogen) atoms. The molecule has 1 saturated carbocycles. The Kier molecular flexibility index (Phi) is 40.7. The minimum Gasteiger partial charge on any atom is -0.462 e. The highest BCUT2D eigenvalue weighted by molar-refractivity contribution is 7.47. The number of aliphatic hydroxyl groups is 5. The van der Waals surface area contributed by atoms with Crippen molar-refractivity contribution in [2.24, 2.45) is 0 Å². The molecule has 1 rings (SSSR count). The molecular weight excluding hydrogens is 864 g/mol. The molecule has 392 valence electrons. The van der Waals surface area contributed by atoms with Crippen LogP contribution in [0.1, 0.15) is 264 Å². The molecule has 6 N–H and O–H groups in total. The first kappa shape index (κ1) is 62.9. The van der Waals surface area contributed by atoms with Crippen molar-refractivity contribution in [1.29, 1.82) is 0 Å². The van der Waals surface area contributed by atoms with E-state index in [1.54, 1.807) is 0 Å². The average molecular weight is 965 g/mol. The fourth-order valence-electron chi connectivity index (χ4n) is 8.82. The number of hydrogen-bond donors (Lipinski definition) is 6. The highest BCUT2D eigenvalue weighted by Crippen LogP contribution is 2.47. The predicted molar refractivity (Wildman–Crippen MR) is 263 cm³/mol. The van der Waals surface area contributed by atoms with E-state index in [4.69, 9.17) is 18.5 Å². The zero-order chi connectivity index (χ0) is 48.5. The maximum Gasteiger partial charge on any atom is 0.472 e. The van der Waals surface area contributed by atoms with E-state index in [0.717, 1.165) is 38.5 Å². The first-order valence-electron chi connectivity index (χ1n) is 27.3. The van der Waals surface area contributed by atoms with Crippen LogP contribution in [0.3, 0.4) is 0 Å². The summed E-state index contributed by atoms with van der Waals surface area (Å²) in [6, 6.07) is 0. The number of aliphatic hydroxyl groups excluding tert-OH is 5. The lowest BCUT2D eigenvalue weighted by Gasteiger charge is -2.41. The Bertz CT molecular complexity index is 1160. The van der Waals surface area contributed by atoms with E-state index in [1.165, 1.54) is 186 Å². The summed E-state index contributed by atoms with van der Waals surface area (Å²) in [4.78, 5) is 35.9. The number of carbonyl (C=O) groups excluding carboxylic acids is 2. The molecule has 0 bridgehead atoms. The van der Waals surface area contributed by atoms with Gasteiger partial charge in [0.05, 0.1) is 6.61 Å². The Morgan fingerprint density at radius 3 is 1.00 bits per heavy atom. The molecule has 0 radical (unpaired) electrons. The van der Waals surface area contributed by atoms with Gasteiger partial charge in [0.15, 0.2) is 6.10 Å². The van der Waals surface area contributed by atoms with Crippen molar-refractivity contribution in [2.45, 2.75) is 307 Å². The molecule has 0 aromatic rings. The second kappa shape index (κ2) is 42.7. The van der Waals surface area contributed by atoms with Gasteiger partial charge in [-0.25, -0.2) is 4.57 Å². The van der Waals surface area contributed by atoms with Crippen LogP contribution in [0.25, 0.3) is 0 Å². The summed E-state index contributed by atoms with van der Waals surface area (Å²) in [5.41, 5.74) is 0. The Morgan fingerprint density at radius 1 is 0.409 bits per heavy atom. The number of esters is 2. The van der Waals surface area contributed by atoms with Gasteiger partial charge in [-0.05, 0) is 12.8 Å². The summed E-state index contributed by atoms with van der Waals surface area (Å²) < 4.78 is 33.7. The van der Waals surface area contributed by atoms with Crippen LogP contribution in [0.2, 0.25) is 0 Å². The largest absolute Gasteiger partial charge is 0.472 e. The molecule has 6 unspecified atom stereocenters. The van der Waals surface area contributed by atoms with Gasteiger partial charge in [0.25, 0.3) is 0 Å². The van der Waals surface area contributed by atoms with Gasteiger partial charge in [-0.1, -0.05) is 239 Å². The van der Waals surface area contributed by atoms with Crippen LogP contribution < -0.4 is 0 Å². The highest BCUT2D eigenvalue weighted by Gasteiger charge is 2.51. The molecule has 6 atom stereocenters. The van der Waals surface area contributed by atoms with E-state index in [1.807, 2.05) is 0 Å². The highest BCUT2D eigenvalue weighted by atomic mass is 31.2. The molecule has 0 aliphatic heterocycles. The third-order valence-corrected chi connectivity index (χ3v) is 14.2. The van der Waals surface area contributed by atoms with Crippen LogP contribution in [0, 0.1) is 0 Å². The first-order chi connectivity index (χ1) is 31.9. The van der Waals surface area contributed by atoms with E-state index < -0.39 is 75.7 Å². The Labute approximate surface area is 401 Å². The van der Waals surface area contributed by atoms with Crippen LogP contribution in [0.5, 0.6) is 0 Å². The van der Waals surface area contributed by atoms with Crippen LogP contribution >= 0.6 is 7.82 Å². The van der Waals surface area contributed by atoms with Crippen molar-refractivity contribution in [3.63, 3.8) is 0 Å². The first-order valence-corrected chi connectivity index (χ1v) is 28.8. The monoisotopic (exact) mass is 965 g/mol. The third-order valence-electron chi connectivity index (χ3n) is 13.2. The molecule has 0 aromatic carbocycles. The number of carbonyl (C=O) groups is 2. The van der Waals surface area contributed by atoms with Crippen molar-refractivity contribution in [3.8, 4) is 0 Å². The SMILES string of the molecule is CCCCCCCCCCCCCCCCCCCCCCCCCC(=O)OC(COC(=O)CCCCCCCCCCCCCCCC)COP(=O)(O)OC1C(O)C(O)C(O)C(O)C1O. The number of phosphoric acid groups is 1. The maximum atomic E-state index is 12.9. The Balaban J connectivity index is 2.32. The second-order valence-electron chi connectivity index (χ2n) is 19.5. The fraction of sp³-hybridized carbons (Fsp3) is 0.962. The lowest BCUT2D eigenvalue weighted by atomic mass is 9.85. The molecule has 1 aliphatic rings. The van der Waals surface area contributed by atoms with Crippen LogP contribution in [-0.2, 0) is 32.7 Å². The second-order valence-corrected chi connectivity index (χ2v) is 20.9. The molecule has 0 saturated heterocycles. The minimum atomic E-state index is -5.11. The van der Waals surface area contributed by atoms with Crippen molar-refractivity contribution in [2.75, 3.05) is 13.2 Å². The summed E-state index contributed by atoms with van der Waals surface area (Å²) in [6.45, 7) is 3.36. The molecule has 0 spiro atoms. The van der Waals surface area contributed by atoms with Gasteiger partial charge in [-0.2, -0.15) is 0 Å². The van der Waals surface area contributed by atoms with Gasteiger partial charge in [-0.15, -0.1) is 0 Å². The van der Waals surface area contributed by atoms with Crippen LogP contribution in [0.4, 0.5) is 0 Å². The van der Waals surface area contributed by atoms with Crippen LogP contribution in [0.15, 0.2) is 0 Å². The lowest BCUT2D eigenvalue weighted by Crippen LogP contribution is -2.64. The summed E-state index contributed by atoms with van der Waals surface area (Å²) in [6.07, 6.45) is 33.0. The van der Waals surface area contributed by atoms with Gasteiger partial charge in [-0.3, -0.25) is 18.6 Å². The third kappa shape index (κ3) is 34.2. The molecule has 1 aliphatic carbocycles. The number of unbranched alkanes of at least 4 members (excludes halogenated alkanes) is 35. The van der Waals surface area contributed by atoms with E-state index in [9.17, 15) is 44.6 Å². The van der Waals surface area contributed by atoms with Crippen molar-refractivity contribution in [3.05, 3.63) is 0 Å². The van der Waals surface area contributed by atoms with E-state index >= 15 is 0 Å². The number of phosphoric ester groups is 1. The zero-order valence-corrected chi connectivity index (χ0v) is 42.9. The van der Waals surface area contributed by atoms with Crippen molar-refractivity contribution >= 4 is 19.8 Å². The molecule has 13 nitrogen and oxygen atoms in total. The van der Waals surface area contributed by atoms with Crippen LogP contribution in [-0.4, -0.2) is 98.3 Å². The molecule has 1 fully saturated rings. The van der Waals surface area contributed by atoms with E-state index in [0.29, 0.717) is 12.8 Å². The van der Waals surface area contributed by atoms with Gasteiger partial charge in [0.1, 0.15) is 43.2 Å². The zero-order valence-electron chi connectivity index (χ0n) is 42.0. The smallest absolute Gasteiger partial charge is 0.462 e. The summed E-state index contributed by atoms with van der Waals surface area (Å²) in [5.74, 6) is -1.08. The number of ether oxygens (including phenoxy) is 2. The summed E-state index contributed by atoms with van der Waals surface area (Å²) in [5, 5.41) is 50.3. The standard InChI is InChI=1S/C52H101O13P/c1-3-5-7-9-11-13-15-17-19-20-21-22-23-24-25-26-27-29-31-33-35-37-39-41-46(54)64-44(43-63-66(60,61)65-52-50(58)48(56)47(55)49(57)51(52)59)42-62-45(53)40-38-36-34-32-30-28-18-16-14-12-10-8-6-4-2/h44,47-52,55-59H,3-43H2,1-2H3,(H,60,61). The minimum absolute atomic E-state index is 0.106. The van der Waals surface area contributed by atoms with Gasteiger partial charge >= 0.3 is 19.8 Å². The van der Waals surface area contributed by atoms with Gasteiger partial charge in [0, 0.05) is 12.8 Å². The van der Waals surface area contributed by atoms with E-state index in [2.05, 4.69) is 13.8 Å². The number of rotatable bonds is 47. The molecule has 14 heteroatoms. The maximum absolute atomic E-state index is 12.9. The molecule has 0 aromatic heterocycles. The Hall–Kier alpha value is -1.15. The fourth-order valence-corrected chi connectivity index (χ4v) is 9.79. The normalized spacial score (nSPS) is 21.2. The summed E-state index contributed by atoms with van der Waals surface area (Å²) >= 11 is 0. The average Bonchev–Trinajstić information content (AvgIpc) is 3.30. The number of hydrogen-bond acceptors (Lipinski definition) is 12. The molecule has 0 heterocycles. The van der Waals surface area contributed by atoms with E-state index in [-0.39, 0.29) is 12.8 Å². The molecule has 0 amide bonds. The van der Waals surface area contributed by atoms with Crippen molar-refractivity contribution in [1.82, 2.24) is 0 Å². The van der Waals surface area contributed by atoms with Gasteiger partial charge in [0.2, 0.25) is 0 Å². The van der Waals surface area contributed by atoms with Gasteiger partial charge < -0.3 is 39.9 Å². The molecular formula is C52H101O13P. The quantitative estimate of drug-likeness (QED) is 0.0191. The topological polar surface area (TPSA) is 210 Å². The predicted octanol–water partition coefficient (Wildman–Crippen LogP) is 12.0. The Morgan fingerprint density at radius 2 is 0.682 bits per heavy atom. The lowest BCUT2D eigenvalue weighted by molar-refractivity contribution is -0.220. The summed E-state index contributed by atoms with van der Waals surface area (Å²) in [7, 11) is -5.11.